The molecule has 0 radical (unpaired) electrons. The highest BCUT2D eigenvalue weighted by molar-refractivity contribution is 9.10. The number of carbonyl (C=O) groups is 1. The SMILES string of the molecule is COC(=O)[C@@H](OC(C)(C)C)c1c(C)c2c3c(cc(C)n3CCN2S(=O)(=O)CC[Si](C)(C)C)c1Br. The van der Waals surface area contributed by atoms with Gasteiger partial charge in [0.05, 0.1) is 36.2 Å². The maximum Gasteiger partial charge on any atom is 0.339 e. The van der Waals surface area contributed by atoms with Crippen LogP contribution in [0, 0.1) is 13.8 Å². The second-order valence-corrected chi connectivity index (χ2v) is 19.7. The molecule has 0 aliphatic carbocycles. The van der Waals surface area contributed by atoms with Crippen molar-refractivity contribution in [3.8, 4) is 0 Å². The van der Waals surface area contributed by atoms with Gasteiger partial charge >= 0.3 is 5.97 Å². The number of methoxy groups -OCH3 is 1. The molecule has 0 amide bonds. The van der Waals surface area contributed by atoms with Crippen molar-refractivity contribution in [2.75, 3.05) is 23.7 Å². The molecule has 2 heterocycles. The number of rotatable bonds is 7. The summed E-state index contributed by atoms with van der Waals surface area (Å²) in [7, 11) is -3.78. The fraction of sp³-hybridized carbons (Fsp3) is 0.625. The third-order valence-electron chi connectivity index (χ3n) is 6.13. The first-order valence-electron chi connectivity index (χ1n) is 11.6. The van der Waals surface area contributed by atoms with Gasteiger partial charge in [-0.15, -0.1) is 0 Å². The Balaban J connectivity index is 2.31. The number of anilines is 1. The summed E-state index contributed by atoms with van der Waals surface area (Å²) in [5, 5.41) is 0.865. The molecule has 1 aliphatic heterocycles. The maximum absolute atomic E-state index is 13.6. The van der Waals surface area contributed by atoms with E-state index in [-0.39, 0.29) is 5.75 Å². The first-order chi connectivity index (χ1) is 15.5. The number of aryl methyl sites for hydroxylation is 1. The molecule has 0 saturated heterocycles. The summed E-state index contributed by atoms with van der Waals surface area (Å²) < 4.78 is 43.0. The summed E-state index contributed by atoms with van der Waals surface area (Å²) in [5.74, 6) is -0.404. The molecular weight excluding hydrogens is 536 g/mol. The van der Waals surface area contributed by atoms with Crippen LogP contribution in [-0.4, -0.2) is 52.0 Å². The summed E-state index contributed by atoms with van der Waals surface area (Å²) in [5.41, 5.74) is 3.23. The summed E-state index contributed by atoms with van der Waals surface area (Å²) in [4.78, 5) is 12.9. The Morgan fingerprint density at radius 1 is 1.21 bits per heavy atom. The van der Waals surface area contributed by atoms with Gasteiger partial charge < -0.3 is 14.0 Å². The van der Waals surface area contributed by atoms with Crippen molar-refractivity contribution in [1.29, 1.82) is 0 Å². The van der Waals surface area contributed by atoms with Crippen LogP contribution in [0.25, 0.3) is 10.9 Å². The zero-order valence-electron chi connectivity index (χ0n) is 21.7. The second-order valence-electron chi connectivity index (χ2n) is 11.2. The highest BCUT2D eigenvalue weighted by atomic mass is 79.9. The van der Waals surface area contributed by atoms with E-state index in [1.54, 1.807) is 4.31 Å². The number of ether oxygens (including phenoxy) is 2. The number of carbonyl (C=O) groups excluding carboxylic acids is 1. The molecule has 1 aromatic heterocycles. The minimum atomic E-state index is -3.55. The molecular formula is C24H37BrN2O5SSi. The van der Waals surface area contributed by atoms with Gasteiger partial charge in [0, 0.05) is 35.7 Å². The standard InChI is InChI=1S/C24H37BrN2O5SSi/c1-15-14-17-19(25)18(22(23(28)31-6)32-24(3,4)5)16(2)20-21(17)26(15)10-11-27(20)33(29,30)12-13-34(7,8)9/h14,22H,10-13H2,1-9H3/t22-/m0/s1. The summed E-state index contributed by atoms with van der Waals surface area (Å²) >= 11 is 3.74. The molecule has 0 spiro atoms. The van der Waals surface area contributed by atoms with Gasteiger partial charge in [0.25, 0.3) is 0 Å². The lowest BCUT2D eigenvalue weighted by molar-refractivity contribution is -0.164. The first kappa shape index (κ1) is 27.2. The van der Waals surface area contributed by atoms with Crippen molar-refractivity contribution < 1.29 is 22.7 Å². The van der Waals surface area contributed by atoms with E-state index < -0.39 is 35.8 Å². The molecule has 0 saturated carbocycles. The van der Waals surface area contributed by atoms with Crippen molar-refractivity contribution in [2.45, 2.75) is 78.6 Å². The molecule has 1 aliphatic rings. The minimum absolute atomic E-state index is 0.119. The van der Waals surface area contributed by atoms with Gasteiger partial charge in [-0.05, 0) is 68.2 Å². The lowest BCUT2D eigenvalue weighted by Crippen LogP contribution is -2.41. The van der Waals surface area contributed by atoms with Crippen molar-refractivity contribution >= 4 is 56.6 Å². The topological polar surface area (TPSA) is 77.8 Å². The van der Waals surface area contributed by atoms with Crippen molar-refractivity contribution in [3.63, 3.8) is 0 Å². The van der Waals surface area contributed by atoms with Crippen LogP contribution in [0.15, 0.2) is 10.5 Å². The molecule has 0 N–H and O–H groups in total. The number of benzene rings is 1. The zero-order chi connectivity index (χ0) is 25.8. The minimum Gasteiger partial charge on any atom is -0.467 e. The van der Waals surface area contributed by atoms with E-state index in [1.165, 1.54) is 7.11 Å². The van der Waals surface area contributed by atoms with E-state index in [0.717, 1.165) is 21.1 Å². The zero-order valence-corrected chi connectivity index (χ0v) is 25.1. The van der Waals surface area contributed by atoms with Crippen LogP contribution in [0.4, 0.5) is 5.69 Å². The summed E-state index contributed by atoms with van der Waals surface area (Å²) in [6.07, 6.45) is -1.00. The number of aromatic nitrogens is 1. The van der Waals surface area contributed by atoms with Crippen molar-refractivity contribution in [2.24, 2.45) is 0 Å². The molecule has 34 heavy (non-hydrogen) atoms. The third-order valence-corrected chi connectivity index (χ3v) is 10.9. The number of hydrogen-bond donors (Lipinski definition) is 0. The quantitative estimate of drug-likeness (QED) is 0.321. The Bertz CT molecular complexity index is 1230. The summed E-state index contributed by atoms with van der Waals surface area (Å²) in [6.45, 7) is 17.0. The fourth-order valence-electron chi connectivity index (χ4n) is 4.43. The van der Waals surface area contributed by atoms with Crippen LogP contribution in [0.1, 0.15) is 43.7 Å². The van der Waals surface area contributed by atoms with Gasteiger partial charge in [-0.1, -0.05) is 19.6 Å². The lowest BCUT2D eigenvalue weighted by atomic mass is 9.97. The molecule has 190 valence electrons. The van der Waals surface area contributed by atoms with Crippen LogP contribution in [0.3, 0.4) is 0 Å². The largest absolute Gasteiger partial charge is 0.467 e. The van der Waals surface area contributed by atoms with Crippen LogP contribution in [0.2, 0.25) is 25.7 Å². The smallest absolute Gasteiger partial charge is 0.339 e. The number of sulfonamides is 1. The van der Waals surface area contributed by atoms with Gasteiger partial charge in [-0.3, -0.25) is 4.31 Å². The van der Waals surface area contributed by atoms with E-state index in [1.807, 2.05) is 40.7 Å². The number of nitrogens with zero attached hydrogens (tertiary/aromatic N) is 2. The third kappa shape index (κ3) is 5.24. The van der Waals surface area contributed by atoms with Crippen LogP contribution in [-0.2, 0) is 30.8 Å². The monoisotopic (exact) mass is 572 g/mol. The van der Waals surface area contributed by atoms with Gasteiger partial charge in [0.1, 0.15) is 0 Å². The van der Waals surface area contributed by atoms with Gasteiger partial charge in [-0.25, -0.2) is 13.2 Å². The molecule has 0 fully saturated rings. The second kappa shape index (κ2) is 9.26. The number of esters is 1. The molecule has 7 nitrogen and oxygen atoms in total. The normalized spacial score (nSPS) is 15.6. The number of hydrogen-bond acceptors (Lipinski definition) is 5. The number of halogens is 1. The lowest BCUT2D eigenvalue weighted by Gasteiger charge is -2.35. The predicted molar refractivity (Wildman–Crippen MR) is 144 cm³/mol. The van der Waals surface area contributed by atoms with E-state index in [2.05, 4.69) is 40.1 Å². The Kier molecular flexibility index (Phi) is 7.41. The average molecular weight is 574 g/mol. The van der Waals surface area contributed by atoms with Crippen LogP contribution >= 0.6 is 15.9 Å². The fourth-order valence-corrected chi connectivity index (χ4v) is 9.80. The molecule has 3 rings (SSSR count). The van der Waals surface area contributed by atoms with Crippen LogP contribution in [0.5, 0.6) is 0 Å². The predicted octanol–water partition coefficient (Wildman–Crippen LogP) is 5.54. The van der Waals surface area contributed by atoms with E-state index in [0.29, 0.717) is 35.9 Å². The van der Waals surface area contributed by atoms with E-state index in [9.17, 15) is 13.2 Å². The highest BCUT2D eigenvalue weighted by Crippen LogP contribution is 2.47. The van der Waals surface area contributed by atoms with Crippen molar-refractivity contribution in [3.05, 3.63) is 27.4 Å². The van der Waals surface area contributed by atoms with Crippen molar-refractivity contribution in [1.82, 2.24) is 4.57 Å². The van der Waals surface area contributed by atoms with E-state index in [4.69, 9.17) is 9.47 Å². The Hall–Kier alpha value is -1.36. The van der Waals surface area contributed by atoms with Gasteiger partial charge in [0.2, 0.25) is 10.0 Å². The van der Waals surface area contributed by atoms with E-state index >= 15 is 0 Å². The molecule has 2 aromatic rings. The molecule has 0 bridgehead atoms. The molecule has 0 unspecified atom stereocenters. The molecule has 1 atom stereocenters. The Morgan fingerprint density at radius 3 is 2.35 bits per heavy atom. The highest BCUT2D eigenvalue weighted by Gasteiger charge is 2.38. The Labute approximate surface area is 213 Å². The van der Waals surface area contributed by atoms with Gasteiger partial charge in [-0.2, -0.15) is 0 Å². The average Bonchev–Trinajstić information content (AvgIpc) is 3.05. The first-order valence-corrected chi connectivity index (χ1v) is 17.7. The van der Waals surface area contributed by atoms with Crippen LogP contribution < -0.4 is 4.31 Å². The maximum atomic E-state index is 13.6. The molecule has 10 heteroatoms. The summed E-state index contributed by atoms with van der Waals surface area (Å²) in [6, 6.07) is 2.73. The molecule has 1 aromatic carbocycles. The van der Waals surface area contributed by atoms with Gasteiger partial charge in [0.15, 0.2) is 6.10 Å². The Morgan fingerprint density at radius 2 is 1.82 bits per heavy atom.